The van der Waals surface area contributed by atoms with Crippen molar-refractivity contribution in [2.45, 2.75) is 96.8 Å². The van der Waals surface area contributed by atoms with Crippen molar-refractivity contribution in [3.8, 4) is 5.75 Å². The summed E-state index contributed by atoms with van der Waals surface area (Å²) in [6, 6.07) is 14.1. The van der Waals surface area contributed by atoms with Crippen molar-refractivity contribution >= 4 is 34.0 Å². The van der Waals surface area contributed by atoms with Gasteiger partial charge in [0.05, 0.1) is 11.8 Å². The average molecular weight is 558 g/mol. The van der Waals surface area contributed by atoms with E-state index in [2.05, 4.69) is 33.4 Å². The first-order valence-corrected chi connectivity index (χ1v) is 14.3. The summed E-state index contributed by atoms with van der Waals surface area (Å²) in [7, 11) is 0. The van der Waals surface area contributed by atoms with Crippen molar-refractivity contribution in [1.29, 1.82) is 0 Å². The van der Waals surface area contributed by atoms with E-state index in [9.17, 15) is 9.59 Å². The minimum absolute atomic E-state index is 0.0617. The van der Waals surface area contributed by atoms with Gasteiger partial charge in [0.15, 0.2) is 0 Å². The number of carbonyl (C=O) groups is 2. The predicted octanol–water partition coefficient (Wildman–Crippen LogP) is 8.60. The van der Waals surface area contributed by atoms with E-state index in [4.69, 9.17) is 4.74 Å². The fourth-order valence-electron chi connectivity index (χ4n) is 3.95. The summed E-state index contributed by atoms with van der Waals surface area (Å²) in [5, 5.41) is 4.03. The molecule has 36 heavy (non-hydrogen) atoms. The highest BCUT2D eigenvalue weighted by atomic mass is 79.9. The van der Waals surface area contributed by atoms with Gasteiger partial charge in [-0.3, -0.25) is 4.79 Å². The molecule has 0 atom stereocenters. The summed E-state index contributed by atoms with van der Waals surface area (Å²) in [5.41, 5.74) is 3.86. The maximum Gasteiger partial charge on any atom is 0.344 e. The Bertz CT molecular complexity index is 928. The molecule has 0 aliphatic rings. The number of halogens is 1. The second kappa shape index (κ2) is 18.8. The Morgan fingerprint density at radius 2 is 1.36 bits per heavy atom. The van der Waals surface area contributed by atoms with Crippen LogP contribution in [0.1, 0.15) is 113 Å². The van der Waals surface area contributed by atoms with E-state index in [-0.39, 0.29) is 5.91 Å². The maximum absolute atomic E-state index is 12.3. The Kier molecular flexibility index (Phi) is 15.5. The van der Waals surface area contributed by atoms with Gasteiger partial charge in [0, 0.05) is 10.9 Å². The SMILES string of the molecule is CCCCCCCCCCCCCCCC(=O)N/N=C/c1ccc(OC(=O)c2ccccc2Br)cc1. The van der Waals surface area contributed by atoms with E-state index in [0.29, 0.717) is 22.2 Å². The molecule has 0 aliphatic heterocycles. The van der Waals surface area contributed by atoms with Crippen molar-refractivity contribution in [3.63, 3.8) is 0 Å². The second-order valence-corrected chi connectivity index (χ2v) is 10.1. The first-order chi connectivity index (χ1) is 17.6. The number of hydrazone groups is 1. The molecule has 0 saturated carbocycles. The summed E-state index contributed by atoms with van der Waals surface area (Å²) in [6.45, 7) is 2.26. The highest BCUT2D eigenvalue weighted by Crippen LogP contribution is 2.19. The lowest BCUT2D eigenvalue weighted by Crippen LogP contribution is -2.16. The van der Waals surface area contributed by atoms with Gasteiger partial charge in [-0.1, -0.05) is 96.1 Å². The van der Waals surface area contributed by atoms with Crippen molar-refractivity contribution < 1.29 is 14.3 Å². The fraction of sp³-hybridized carbons (Fsp3) is 0.500. The first kappa shape index (κ1) is 29.8. The summed E-state index contributed by atoms with van der Waals surface area (Å²) >= 11 is 3.35. The summed E-state index contributed by atoms with van der Waals surface area (Å²) in [4.78, 5) is 24.3. The number of hydrogen-bond acceptors (Lipinski definition) is 4. The highest BCUT2D eigenvalue weighted by Gasteiger charge is 2.11. The molecule has 2 rings (SSSR count). The number of carbonyl (C=O) groups excluding carboxylic acids is 2. The Balaban J connectivity index is 1.51. The van der Waals surface area contributed by atoms with E-state index in [0.717, 1.165) is 18.4 Å². The summed E-state index contributed by atoms with van der Waals surface area (Å²) in [6.07, 6.45) is 18.8. The molecular weight excluding hydrogens is 516 g/mol. The molecule has 6 heteroatoms. The lowest BCUT2D eigenvalue weighted by molar-refractivity contribution is -0.121. The number of hydrogen-bond donors (Lipinski definition) is 1. The standard InChI is InChI=1S/C30H41BrN2O3/c1-2-3-4-5-6-7-8-9-10-11-12-13-14-19-29(34)33-32-24-25-20-22-26(23-21-25)36-30(35)27-17-15-16-18-28(27)31/h15-18,20-24H,2-14,19H2,1H3,(H,33,34)/b32-24+. The van der Waals surface area contributed by atoms with Gasteiger partial charge in [-0.25, -0.2) is 10.2 Å². The van der Waals surface area contributed by atoms with Crippen LogP contribution in [0.3, 0.4) is 0 Å². The molecule has 0 heterocycles. The van der Waals surface area contributed by atoms with Gasteiger partial charge in [0.2, 0.25) is 5.91 Å². The lowest BCUT2D eigenvalue weighted by atomic mass is 10.0. The molecule has 0 aliphatic carbocycles. The van der Waals surface area contributed by atoms with Crippen LogP contribution >= 0.6 is 15.9 Å². The topological polar surface area (TPSA) is 67.8 Å². The largest absolute Gasteiger partial charge is 0.423 e. The quantitative estimate of drug-likeness (QED) is 0.0656. The number of rotatable bonds is 18. The third-order valence-corrected chi connectivity index (χ3v) is 6.79. The number of nitrogens with one attached hydrogen (secondary N) is 1. The zero-order valence-corrected chi connectivity index (χ0v) is 23.2. The van der Waals surface area contributed by atoms with Crippen molar-refractivity contribution in [2.75, 3.05) is 0 Å². The summed E-state index contributed by atoms with van der Waals surface area (Å²) < 4.78 is 6.10. The molecule has 1 N–H and O–H groups in total. The minimum Gasteiger partial charge on any atom is -0.423 e. The van der Waals surface area contributed by atoms with Crippen molar-refractivity contribution in [3.05, 3.63) is 64.1 Å². The maximum atomic E-state index is 12.3. The highest BCUT2D eigenvalue weighted by molar-refractivity contribution is 9.10. The molecule has 0 spiro atoms. The Labute approximate surface area is 225 Å². The number of ether oxygens (including phenoxy) is 1. The monoisotopic (exact) mass is 556 g/mol. The number of amides is 1. The number of benzene rings is 2. The molecule has 5 nitrogen and oxygen atoms in total. The van der Waals surface area contributed by atoms with Gasteiger partial charge in [-0.15, -0.1) is 0 Å². The van der Waals surface area contributed by atoms with Gasteiger partial charge < -0.3 is 4.74 Å². The predicted molar refractivity (Wildman–Crippen MR) is 152 cm³/mol. The van der Waals surface area contributed by atoms with E-state index < -0.39 is 5.97 Å². The van der Waals surface area contributed by atoms with Gasteiger partial charge in [0.25, 0.3) is 0 Å². The molecular formula is C30H41BrN2O3. The van der Waals surface area contributed by atoms with E-state index >= 15 is 0 Å². The van der Waals surface area contributed by atoms with Crippen LogP contribution in [-0.4, -0.2) is 18.1 Å². The molecule has 0 unspecified atom stereocenters. The molecule has 196 valence electrons. The van der Waals surface area contributed by atoms with Crippen LogP contribution in [0.5, 0.6) is 5.75 Å². The zero-order valence-electron chi connectivity index (χ0n) is 21.6. The molecule has 0 bridgehead atoms. The van der Waals surface area contributed by atoms with Gasteiger partial charge in [0.1, 0.15) is 5.75 Å². The smallest absolute Gasteiger partial charge is 0.344 e. The lowest BCUT2D eigenvalue weighted by Gasteiger charge is -2.06. The van der Waals surface area contributed by atoms with Crippen LogP contribution in [0.2, 0.25) is 0 Å². The second-order valence-electron chi connectivity index (χ2n) is 9.22. The fourth-order valence-corrected chi connectivity index (χ4v) is 4.40. The zero-order chi connectivity index (χ0) is 25.8. The first-order valence-electron chi connectivity index (χ1n) is 13.5. The molecule has 0 fully saturated rings. The van der Waals surface area contributed by atoms with Crippen LogP contribution in [0.15, 0.2) is 58.1 Å². The Morgan fingerprint density at radius 1 is 0.806 bits per heavy atom. The molecule has 2 aromatic rings. The van der Waals surface area contributed by atoms with Crippen LogP contribution in [0.4, 0.5) is 0 Å². The van der Waals surface area contributed by atoms with E-state index in [1.54, 1.807) is 48.7 Å². The molecule has 1 amide bonds. The van der Waals surface area contributed by atoms with Gasteiger partial charge in [-0.05, 0) is 64.3 Å². The average Bonchev–Trinajstić information content (AvgIpc) is 2.88. The summed E-state index contributed by atoms with van der Waals surface area (Å²) in [5.74, 6) is -0.0445. The van der Waals surface area contributed by atoms with Crippen LogP contribution in [-0.2, 0) is 4.79 Å². The van der Waals surface area contributed by atoms with Gasteiger partial charge >= 0.3 is 5.97 Å². The van der Waals surface area contributed by atoms with E-state index in [1.807, 2.05) is 6.07 Å². The van der Waals surface area contributed by atoms with Gasteiger partial charge in [-0.2, -0.15) is 5.10 Å². The minimum atomic E-state index is -0.427. The van der Waals surface area contributed by atoms with Crippen molar-refractivity contribution in [2.24, 2.45) is 5.10 Å². The van der Waals surface area contributed by atoms with Crippen molar-refractivity contribution in [1.82, 2.24) is 5.43 Å². The Morgan fingerprint density at radius 3 is 1.94 bits per heavy atom. The number of esters is 1. The number of nitrogens with zero attached hydrogens (tertiary/aromatic N) is 1. The van der Waals surface area contributed by atoms with Crippen LogP contribution < -0.4 is 10.2 Å². The molecule has 0 saturated heterocycles. The van der Waals surface area contributed by atoms with E-state index in [1.165, 1.54) is 70.6 Å². The Hall–Kier alpha value is -2.47. The van der Waals surface area contributed by atoms with Crippen LogP contribution in [0.25, 0.3) is 0 Å². The molecule has 2 aromatic carbocycles. The third-order valence-electron chi connectivity index (χ3n) is 6.09. The normalized spacial score (nSPS) is 11.1. The third kappa shape index (κ3) is 13.0. The number of unbranched alkanes of at least 4 members (excludes halogenated alkanes) is 12. The van der Waals surface area contributed by atoms with Crippen LogP contribution in [0, 0.1) is 0 Å². The molecule has 0 aromatic heterocycles. The molecule has 0 radical (unpaired) electrons.